The van der Waals surface area contributed by atoms with Gasteiger partial charge in [0.05, 0.1) is 0 Å². The van der Waals surface area contributed by atoms with Crippen LogP contribution in [0, 0.1) is 0 Å². The first-order valence-electron chi connectivity index (χ1n) is 9.80. The van der Waals surface area contributed by atoms with E-state index in [0.717, 1.165) is 18.4 Å². The van der Waals surface area contributed by atoms with Crippen molar-refractivity contribution in [1.29, 1.82) is 0 Å². The topological polar surface area (TPSA) is 68.5 Å². The molecule has 0 unspecified atom stereocenters. The number of amides is 1. The number of ether oxygens (including phenoxy) is 1. The van der Waals surface area contributed by atoms with Gasteiger partial charge in [0.2, 0.25) is 11.8 Å². The highest BCUT2D eigenvalue weighted by atomic mass is 32.1. The molecule has 1 saturated heterocycles. The SMILES string of the molecule is CC(C)(C)c1ccc(OCC(=O)N2CCC[C@H]2c2nnc(-c3ccsc3)o2)cc1. The summed E-state index contributed by atoms with van der Waals surface area (Å²) in [4.78, 5) is 14.6. The Kier molecular flexibility index (Phi) is 5.41. The minimum Gasteiger partial charge on any atom is -0.484 e. The monoisotopic (exact) mass is 411 g/mol. The first kappa shape index (κ1) is 19.6. The van der Waals surface area contributed by atoms with Crippen LogP contribution < -0.4 is 4.74 Å². The van der Waals surface area contributed by atoms with Crippen molar-refractivity contribution in [1.82, 2.24) is 15.1 Å². The first-order chi connectivity index (χ1) is 13.9. The zero-order valence-corrected chi connectivity index (χ0v) is 17.7. The predicted octanol–water partition coefficient (Wildman–Crippen LogP) is 4.84. The quantitative estimate of drug-likeness (QED) is 0.601. The van der Waals surface area contributed by atoms with E-state index in [2.05, 4.69) is 31.0 Å². The number of thiophene rings is 1. The van der Waals surface area contributed by atoms with E-state index in [-0.39, 0.29) is 24.0 Å². The Labute approximate surface area is 174 Å². The van der Waals surface area contributed by atoms with Gasteiger partial charge in [-0.25, -0.2) is 0 Å². The summed E-state index contributed by atoms with van der Waals surface area (Å²) in [7, 11) is 0. The van der Waals surface area contributed by atoms with Gasteiger partial charge in [0, 0.05) is 17.5 Å². The number of benzene rings is 1. The fourth-order valence-corrected chi connectivity index (χ4v) is 4.10. The molecule has 3 heterocycles. The average Bonchev–Trinajstić information content (AvgIpc) is 3.46. The van der Waals surface area contributed by atoms with E-state index in [0.29, 0.717) is 24.1 Å². The van der Waals surface area contributed by atoms with E-state index in [1.54, 1.807) is 16.2 Å². The van der Waals surface area contributed by atoms with E-state index in [4.69, 9.17) is 9.15 Å². The molecular weight excluding hydrogens is 386 g/mol. The lowest BCUT2D eigenvalue weighted by atomic mass is 9.87. The van der Waals surface area contributed by atoms with Crippen molar-refractivity contribution in [3.8, 4) is 17.2 Å². The van der Waals surface area contributed by atoms with Gasteiger partial charge in [-0.3, -0.25) is 4.79 Å². The zero-order valence-electron chi connectivity index (χ0n) is 16.9. The van der Waals surface area contributed by atoms with Crippen molar-refractivity contribution in [2.75, 3.05) is 13.2 Å². The van der Waals surface area contributed by atoms with Crippen LogP contribution in [0.1, 0.15) is 51.1 Å². The van der Waals surface area contributed by atoms with Crippen LogP contribution in [-0.4, -0.2) is 34.2 Å². The molecule has 0 spiro atoms. The molecule has 1 amide bonds. The third-order valence-electron chi connectivity index (χ3n) is 5.15. The Balaban J connectivity index is 1.39. The maximum atomic E-state index is 12.8. The molecule has 4 rings (SSSR count). The van der Waals surface area contributed by atoms with Gasteiger partial charge < -0.3 is 14.1 Å². The fraction of sp³-hybridized carbons (Fsp3) is 0.409. The van der Waals surface area contributed by atoms with Crippen LogP contribution in [-0.2, 0) is 10.2 Å². The number of rotatable bonds is 5. The molecule has 7 heteroatoms. The number of hydrogen-bond acceptors (Lipinski definition) is 6. The van der Waals surface area contributed by atoms with Gasteiger partial charge in [0.15, 0.2) is 6.61 Å². The van der Waals surface area contributed by atoms with Gasteiger partial charge in [0.25, 0.3) is 5.91 Å². The highest BCUT2D eigenvalue weighted by Crippen LogP contribution is 2.33. The van der Waals surface area contributed by atoms with Crippen LogP contribution in [0.2, 0.25) is 0 Å². The minimum atomic E-state index is -0.186. The van der Waals surface area contributed by atoms with Gasteiger partial charge in [-0.1, -0.05) is 32.9 Å². The maximum Gasteiger partial charge on any atom is 0.261 e. The summed E-state index contributed by atoms with van der Waals surface area (Å²) in [5, 5.41) is 12.3. The number of hydrogen-bond donors (Lipinski definition) is 0. The number of likely N-dealkylation sites (tertiary alicyclic amines) is 1. The van der Waals surface area contributed by atoms with E-state index in [9.17, 15) is 4.79 Å². The average molecular weight is 412 g/mol. The summed E-state index contributed by atoms with van der Waals surface area (Å²) in [6.07, 6.45) is 1.73. The summed E-state index contributed by atoms with van der Waals surface area (Å²) in [6, 6.07) is 9.68. The second kappa shape index (κ2) is 7.99. The molecule has 0 aliphatic carbocycles. The third kappa shape index (κ3) is 4.34. The Morgan fingerprint density at radius 1 is 1.24 bits per heavy atom. The lowest BCUT2D eigenvalue weighted by molar-refractivity contribution is -0.134. The molecule has 1 atom stereocenters. The van der Waals surface area contributed by atoms with E-state index < -0.39 is 0 Å². The third-order valence-corrected chi connectivity index (χ3v) is 5.83. The van der Waals surface area contributed by atoms with Crippen LogP contribution in [0.5, 0.6) is 5.75 Å². The highest BCUT2D eigenvalue weighted by molar-refractivity contribution is 7.08. The van der Waals surface area contributed by atoms with E-state index >= 15 is 0 Å². The Bertz CT molecular complexity index is 958. The van der Waals surface area contributed by atoms with Crippen LogP contribution in [0.3, 0.4) is 0 Å². The lowest BCUT2D eigenvalue weighted by Gasteiger charge is -2.22. The van der Waals surface area contributed by atoms with Crippen LogP contribution in [0.25, 0.3) is 11.5 Å². The number of aromatic nitrogens is 2. The number of nitrogens with zero attached hydrogens (tertiary/aromatic N) is 3. The molecule has 29 heavy (non-hydrogen) atoms. The van der Waals surface area contributed by atoms with Gasteiger partial charge in [0.1, 0.15) is 11.8 Å². The summed E-state index contributed by atoms with van der Waals surface area (Å²) >= 11 is 1.58. The molecule has 0 radical (unpaired) electrons. The smallest absolute Gasteiger partial charge is 0.261 e. The van der Waals surface area contributed by atoms with Crippen molar-refractivity contribution in [3.05, 3.63) is 52.5 Å². The molecule has 3 aromatic rings. The van der Waals surface area contributed by atoms with Gasteiger partial charge >= 0.3 is 0 Å². The van der Waals surface area contributed by atoms with E-state index in [1.807, 2.05) is 41.1 Å². The summed E-state index contributed by atoms with van der Waals surface area (Å²) in [5.74, 6) is 1.62. The molecule has 152 valence electrons. The second-order valence-corrected chi connectivity index (χ2v) is 9.05. The molecule has 0 saturated carbocycles. The normalized spacial score (nSPS) is 16.9. The predicted molar refractivity (Wildman–Crippen MR) is 112 cm³/mol. The first-order valence-corrected chi connectivity index (χ1v) is 10.7. The molecule has 1 aliphatic heterocycles. The number of carbonyl (C=O) groups excluding carboxylic acids is 1. The van der Waals surface area contributed by atoms with Crippen LogP contribution >= 0.6 is 11.3 Å². The second-order valence-electron chi connectivity index (χ2n) is 8.27. The molecule has 6 nitrogen and oxygen atoms in total. The van der Waals surface area contributed by atoms with Crippen LogP contribution in [0.4, 0.5) is 0 Å². The Morgan fingerprint density at radius 2 is 2.03 bits per heavy atom. The minimum absolute atomic E-state index is 0.00309. The summed E-state index contributed by atoms with van der Waals surface area (Å²) in [6.45, 7) is 7.17. The number of carbonyl (C=O) groups is 1. The Hall–Kier alpha value is -2.67. The van der Waals surface area contributed by atoms with E-state index in [1.165, 1.54) is 5.56 Å². The summed E-state index contributed by atoms with van der Waals surface area (Å²) < 4.78 is 11.6. The molecule has 1 fully saturated rings. The summed E-state index contributed by atoms with van der Waals surface area (Å²) in [5.41, 5.74) is 2.23. The molecule has 1 aliphatic rings. The maximum absolute atomic E-state index is 12.8. The van der Waals surface area contributed by atoms with Gasteiger partial charge in [-0.15, -0.1) is 10.2 Å². The van der Waals surface area contributed by atoms with Gasteiger partial charge in [-0.2, -0.15) is 11.3 Å². The fourth-order valence-electron chi connectivity index (χ4n) is 3.47. The molecule has 1 aromatic carbocycles. The van der Waals surface area contributed by atoms with Crippen molar-refractivity contribution >= 4 is 17.2 Å². The highest BCUT2D eigenvalue weighted by Gasteiger charge is 2.34. The molecule has 0 bridgehead atoms. The largest absolute Gasteiger partial charge is 0.484 e. The van der Waals surface area contributed by atoms with Crippen molar-refractivity contribution in [2.45, 2.75) is 45.1 Å². The van der Waals surface area contributed by atoms with Crippen molar-refractivity contribution < 1.29 is 13.9 Å². The molecular formula is C22H25N3O3S. The Morgan fingerprint density at radius 3 is 2.72 bits per heavy atom. The molecule has 2 aromatic heterocycles. The van der Waals surface area contributed by atoms with Gasteiger partial charge in [-0.05, 0) is 47.4 Å². The lowest BCUT2D eigenvalue weighted by Crippen LogP contribution is -2.34. The van der Waals surface area contributed by atoms with Crippen molar-refractivity contribution in [3.63, 3.8) is 0 Å². The standard InChI is InChI=1S/C22H25N3O3S/c1-22(2,3)16-6-8-17(9-7-16)27-13-19(26)25-11-4-5-18(25)21-24-23-20(28-21)15-10-12-29-14-15/h6-10,12,14,18H,4-5,11,13H2,1-3H3/t18-/m0/s1. The van der Waals surface area contributed by atoms with Crippen LogP contribution in [0.15, 0.2) is 45.5 Å². The zero-order chi connectivity index (χ0) is 20.4. The molecule has 0 N–H and O–H groups in total. The van der Waals surface area contributed by atoms with Crippen molar-refractivity contribution in [2.24, 2.45) is 0 Å².